The van der Waals surface area contributed by atoms with Crippen molar-refractivity contribution in [2.24, 2.45) is 0 Å². The predicted octanol–water partition coefficient (Wildman–Crippen LogP) is 2.17. The van der Waals surface area contributed by atoms with E-state index >= 15 is 0 Å². The first-order chi connectivity index (χ1) is 6.33. The highest BCUT2D eigenvalue weighted by Crippen LogP contribution is 2.23. The minimum Gasteiger partial charge on any atom is -0.506 e. The molecular weight excluding hydrogens is 202 g/mol. The van der Waals surface area contributed by atoms with Crippen LogP contribution in [0.4, 0.5) is 0 Å². The molecule has 0 saturated carbocycles. The molecule has 0 amide bonds. The number of phenolic OH excluding ortho intramolecular Hbond substituents is 1. The van der Waals surface area contributed by atoms with Crippen molar-refractivity contribution in [2.75, 3.05) is 0 Å². The molecule has 1 aromatic carbocycles. The largest absolute Gasteiger partial charge is 0.506 e. The highest BCUT2D eigenvalue weighted by Gasteiger charge is 2.03. The Morgan fingerprint density at radius 1 is 1.29 bits per heavy atom. The third-order valence-corrected chi connectivity index (χ3v) is 1.91. The lowest BCUT2D eigenvalue weighted by Crippen LogP contribution is -1.85. The van der Waals surface area contributed by atoms with E-state index in [1.807, 2.05) is 0 Å². The Morgan fingerprint density at radius 3 is 2.79 bits per heavy atom. The number of halogens is 1. The Balaban J connectivity index is 0.000000980. The van der Waals surface area contributed by atoms with Crippen molar-refractivity contribution in [1.29, 1.82) is 0 Å². The molecule has 0 atom stereocenters. The minimum atomic E-state index is 0. The highest BCUT2D eigenvalue weighted by molar-refractivity contribution is 5.98. The molecule has 2 rings (SSSR count). The maximum Gasteiger partial charge on any atom is 0.150 e. The Kier molecular flexibility index (Phi) is 3.04. The summed E-state index contributed by atoms with van der Waals surface area (Å²) in [6.07, 6.45) is 2.33. The van der Waals surface area contributed by atoms with Gasteiger partial charge in [0.1, 0.15) is 11.3 Å². The quantitative estimate of drug-likeness (QED) is 0.733. The molecule has 0 aliphatic rings. The average molecular weight is 210 g/mol. The van der Waals surface area contributed by atoms with Crippen molar-refractivity contribution >= 4 is 29.6 Å². The second-order valence-electron chi connectivity index (χ2n) is 2.69. The monoisotopic (exact) mass is 209 g/mol. The maximum atomic E-state index is 10.6. The number of phenols is 1. The number of nitrogens with zero attached hydrogens (tertiary/aromatic N) is 1. The van der Waals surface area contributed by atoms with Crippen LogP contribution in [0.25, 0.3) is 10.9 Å². The van der Waals surface area contributed by atoms with Crippen LogP contribution in [0.2, 0.25) is 0 Å². The zero-order chi connectivity index (χ0) is 9.26. The first-order valence-electron chi connectivity index (χ1n) is 3.85. The molecule has 3 nitrogen and oxygen atoms in total. The van der Waals surface area contributed by atoms with Gasteiger partial charge >= 0.3 is 0 Å². The van der Waals surface area contributed by atoms with Gasteiger partial charge < -0.3 is 5.11 Å². The predicted molar refractivity (Wildman–Crippen MR) is 56.0 cm³/mol. The van der Waals surface area contributed by atoms with Gasteiger partial charge in [-0.15, -0.1) is 12.4 Å². The summed E-state index contributed by atoms with van der Waals surface area (Å²) in [7, 11) is 0. The third-order valence-electron chi connectivity index (χ3n) is 1.91. The number of pyridine rings is 1. The lowest BCUT2D eigenvalue weighted by molar-refractivity contribution is 0.112. The normalized spacial score (nSPS) is 9.43. The average Bonchev–Trinajstić information content (AvgIpc) is 2.19. The van der Waals surface area contributed by atoms with Crippen LogP contribution in [0.1, 0.15) is 10.4 Å². The SMILES string of the molecule is Cl.O=Cc1ccc(O)c2ncccc12. The van der Waals surface area contributed by atoms with E-state index in [9.17, 15) is 9.90 Å². The molecule has 0 aliphatic heterocycles. The first-order valence-corrected chi connectivity index (χ1v) is 3.85. The fraction of sp³-hybridized carbons (Fsp3) is 0. The van der Waals surface area contributed by atoms with Gasteiger partial charge in [-0.05, 0) is 18.2 Å². The summed E-state index contributed by atoms with van der Waals surface area (Å²) in [5, 5.41) is 10.1. The molecule has 1 N–H and O–H groups in total. The number of rotatable bonds is 1. The first kappa shape index (κ1) is 10.5. The van der Waals surface area contributed by atoms with Crippen LogP contribution in [0.5, 0.6) is 5.75 Å². The molecule has 2 aromatic rings. The van der Waals surface area contributed by atoms with Crippen LogP contribution in [-0.4, -0.2) is 16.4 Å². The number of benzene rings is 1. The topological polar surface area (TPSA) is 50.2 Å². The lowest BCUT2D eigenvalue weighted by atomic mass is 10.1. The van der Waals surface area contributed by atoms with Crippen LogP contribution in [-0.2, 0) is 0 Å². The number of fused-ring (bicyclic) bond motifs is 1. The Labute approximate surface area is 86.8 Å². The molecule has 0 bridgehead atoms. The van der Waals surface area contributed by atoms with Crippen molar-refractivity contribution in [2.45, 2.75) is 0 Å². The molecule has 1 heterocycles. The van der Waals surface area contributed by atoms with E-state index in [4.69, 9.17) is 0 Å². The molecular formula is C10H8ClNO2. The van der Waals surface area contributed by atoms with E-state index in [1.165, 1.54) is 6.07 Å². The number of hydrogen-bond acceptors (Lipinski definition) is 3. The fourth-order valence-corrected chi connectivity index (χ4v) is 1.28. The molecule has 72 valence electrons. The van der Waals surface area contributed by atoms with Gasteiger partial charge in [0.05, 0.1) is 0 Å². The van der Waals surface area contributed by atoms with E-state index in [0.29, 0.717) is 16.5 Å². The minimum absolute atomic E-state index is 0. The lowest BCUT2D eigenvalue weighted by Gasteiger charge is -2.00. The summed E-state index contributed by atoms with van der Waals surface area (Å²) >= 11 is 0. The van der Waals surface area contributed by atoms with Gasteiger partial charge in [0.2, 0.25) is 0 Å². The number of aromatic hydroxyl groups is 1. The van der Waals surface area contributed by atoms with E-state index in [-0.39, 0.29) is 18.2 Å². The van der Waals surface area contributed by atoms with Crippen molar-refractivity contribution in [1.82, 2.24) is 4.98 Å². The van der Waals surface area contributed by atoms with Crippen LogP contribution in [0.3, 0.4) is 0 Å². The second-order valence-corrected chi connectivity index (χ2v) is 2.69. The number of carbonyl (C=O) groups excluding carboxylic acids is 1. The van der Waals surface area contributed by atoms with Gasteiger partial charge in [0.25, 0.3) is 0 Å². The van der Waals surface area contributed by atoms with Gasteiger partial charge in [0.15, 0.2) is 6.29 Å². The summed E-state index contributed by atoms with van der Waals surface area (Å²) in [5.41, 5.74) is 1.01. The number of aldehydes is 1. The van der Waals surface area contributed by atoms with E-state index in [2.05, 4.69) is 4.98 Å². The number of hydrogen-bond donors (Lipinski definition) is 1. The van der Waals surface area contributed by atoms with Crippen molar-refractivity contribution in [3.8, 4) is 5.75 Å². The fourth-order valence-electron chi connectivity index (χ4n) is 1.28. The van der Waals surface area contributed by atoms with Crippen LogP contribution in [0, 0.1) is 0 Å². The van der Waals surface area contributed by atoms with Gasteiger partial charge in [-0.3, -0.25) is 9.78 Å². The van der Waals surface area contributed by atoms with Crippen molar-refractivity contribution < 1.29 is 9.90 Å². The molecule has 0 aliphatic carbocycles. The standard InChI is InChI=1S/C10H7NO2.ClH/c12-6-7-3-4-9(13)10-8(7)2-1-5-11-10;/h1-6,13H;1H. The van der Waals surface area contributed by atoms with E-state index in [0.717, 1.165) is 6.29 Å². The molecule has 1 aromatic heterocycles. The van der Waals surface area contributed by atoms with E-state index in [1.54, 1.807) is 24.4 Å². The summed E-state index contributed by atoms with van der Waals surface area (Å²) in [4.78, 5) is 14.6. The molecule has 0 saturated heterocycles. The number of aromatic nitrogens is 1. The zero-order valence-electron chi connectivity index (χ0n) is 7.18. The molecule has 0 unspecified atom stereocenters. The summed E-state index contributed by atoms with van der Waals surface area (Å²) in [6.45, 7) is 0. The van der Waals surface area contributed by atoms with Gasteiger partial charge in [-0.2, -0.15) is 0 Å². The highest BCUT2D eigenvalue weighted by atomic mass is 35.5. The van der Waals surface area contributed by atoms with Crippen molar-refractivity contribution in [3.63, 3.8) is 0 Å². The van der Waals surface area contributed by atoms with Crippen LogP contribution < -0.4 is 0 Å². The van der Waals surface area contributed by atoms with Gasteiger partial charge in [-0.25, -0.2) is 0 Å². The smallest absolute Gasteiger partial charge is 0.150 e. The Morgan fingerprint density at radius 2 is 2.07 bits per heavy atom. The van der Waals surface area contributed by atoms with Crippen LogP contribution >= 0.6 is 12.4 Å². The maximum absolute atomic E-state index is 10.6. The summed E-state index contributed by atoms with van der Waals surface area (Å²) in [6, 6.07) is 6.53. The summed E-state index contributed by atoms with van der Waals surface area (Å²) < 4.78 is 0. The van der Waals surface area contributed by atoms with Gasteiger partial charge in [-0.1, -0.05) is 6.07 Å². The second kappa shape index (κ2) is 4.07. The van der Waals surface area contributed by atoms with Crippen molar-refractivity contribution in [3.05, 3.63) is 36.0 Å². The zero-order valence-corrected chi connectivity index (χ0v) is 7.99. The van der Waals surface area contributed by atoms with E-state index < -0.39 is 0 Å². The Bertz CT molecular complexity index is 471. The third kappa shape index (κ3) is 1.54. The molecule has 0 fully saturated rings. The molecule has 0 spiro atoms. The molecule has 14 heavy (non-hydrogen) atoms. The molecule has 4 heteroatoms. The van der Waals surface area contributed by atoms with Crippen LogP contribution in [0.15, 0.2) is 30.5 Å². The summed E-state index contributed by atoms with van der Waals surface area (Å²) in [5.74, 6) is 0.0983. The number of carbonyl (C=O) groups is 1. The van der Waals surface area contributed by atoms with Gasteiger partial charge in [0, 0.05) is 17.1 Å². The Hall–Kier alpha value is -1.61. The molecule has 0 radical (unpaired) electrons.